The number of aliphatic carboxylic acids is 2. The fraction of sp³-hybridized carbons (Fsp3) is 0.667. The third kappa shape index (κ3) is 2.12. The van der Waals surface area contributed by atoms with Gasteiger partial charge >= 0.3 is 11.9 Å². The lowest BCUT2D eigenvalue weighted by molar-refractivity contribution is -0.141. The molecule has 12 heavy (non-hydrogen) atoms. The van der Waals surface area contributed by atoms with Crippen LogP contribution in [0.2, 0.25) is 0 Å². The predicted molar refractivity (Wildman–Crippen MR) is 43.3 cm³/mol. The summed E-state index contributed by atoms with van der Waals surface area (Å²) in [4.78, 5) is 20.9. The lowest BCUT2D eigenvalue weighted by atomic mass is 10.2. The molecule has 1 saturated heterocycles. The molecule has 0 unspecified atom stereocenters. The van der Waals surface area contributed by atoms with Crippen LogP contribution in [0.25, 0.3) is 0 Å². The van der Waals surface area contributed by atoms with Crippen molar-refractivity contribution in [3.8, 4) is 0 Å². The zero-order chi connectivity index (χ0) is 9.14. The summed E-state index contributed by atoms with van der Waals surface area (Å²) in [5, 5.41) is 19.7. The van der Waals surface area contributed by atoms with E-state index >= 15 is 0 Å². The SMILES string of the molecule is O=C(O)[C@@H]1CSC[C@H](C(=O)O)N1. The van der Waals surface area contributed by atoms with Crippen LogP contribution in [-0.4, -0.2) is 45.7 Å². The highest BCUT2D eigenvalue weighted by molar-refractivity contribution is 7.99. The second-order valence-electron chi connectivity index (χ2n) is 2.49. The molecule has 2 atom stereocenters. The van der Waals surface area contributed by atoms with E-state index in [9.17, 15) is 9.59 Å². The van der Waals surface area contributed by atoms with Gasteiger partial charge in [0, 0.05) is 11.5 Å². The molecule has 6 heteroatoms. The van der Waals surface area contributed by atoms with E-state index in [-0.39, 0.29) is 0 Å². The van der Waals surface area contributed by atoms with Gasteiger partial charge in [-0.15, -0.1) is 0 Å². The summed E-state index contributed by atoms with van der Waals surface area (Å²) in [5.41, 5.74) is 0. The number of carboxylic acids is 2. The Morgan fingerprint density at radius 3 is 1.92 bits per heavy atom. The highest BCUT2D eigenvalue weighted by Gasteiger charge is 2.30. The summed E-state index contributed by atoms with van der Waals surface area (Å²) in [6, 6.07) is -1.46. The molecule has 1 aliphatic heterocycles. The number of rotatable bonds is 2. The molecule has 0 amide bonds. The maximum absolute atomic E-state index is 10.5. The Balaban J connectivity index is 2.51. The quantitative estimate of drug-likeness (QED) is 0.531. The van der Waals surface area contributed by atoms with Crippen LogP contribution >= 0.6 is 11.8 Å². The smallest absolute Gasteiger partial charge is 0.321 e. The van der Waals surface area contributed by atoms with Crippen molar-refractivity contribution in [3.63, 3.8) is 0 Å². The van der Waals surface area contributed by atoms with Crippen molar-refractivity contribution in [1.82, 2.24) is 5.32 Å². The van der Waals surface area contributed by atoms with Crippen molar-refractivity contribution < 1.29 is 19.8 Å². The van der Waals surface area contributed by atoms with Gasteiger partial charge in [-0.25, -0.2) is 0 Å². The first-order chi connectivity index (χ1) is 5.61. The highest BCUT2D eigenvalue weighted by Crippen LogP contribution is 2.12. The molecule has 0 spiro atoms. The molecular weight excluding hydrogens is 182 g/mol. The van der Waals surface area contributed by atoms with Crippen LogP contribution in [0.3, 0.4) is 0 Å². The maximum atomic E-state index is 10.5. The largest absolute Gasteiger partial charge is 0.480 e. The van der Waals surface area contributed by atoms with E-state index in [4.69, 9.17) is 10.2 Å². The number of hydrogen-bond acceptors (Lipinski definition) is 4. The lowest BCUT2D eigenvalue weighted by Crippen LogP contribution is -2.52. The summed E-state index contributed by atoms with van der Waals surface area (Å²) in [7, 11) is 0. The molecule has 0 aromatic carbocycles. The highest BCUT2D eigenvalue weighted by atomic mass is 32.2. The predicted octanol–water partition coefficient (Wildman–Crippen LogP) is -0.771. The first-order valence-corrected chi connectivity index (χ1v) is 4.56. The average molecular weight is 191 g/mol. The van der Waals surface area contributed by atoms with Crippen molar-refractivity contribution in [2.75, 3.05) is 11.5 Å². The molecule has 3 N–H and O–H groups in total. The van der Waals surface area contributed by atoms with Gasteiger partial charge < -0.3 is 10.2 Å². The average Bonchev–Trinajstić information content (AvgIpc) is 2.04. The molecule has 0 aliphatic carbocycles. The summed E-state index contributed by atoms with van der Waals surface area (Å²) < 4.78 is 0. The number of carbonyl (C=O) groups is 2. The van der Waals surface area contributed by atoms with Gasteiger partial charge in [0.1, 0.15) is 12.1 Å². The molecule has 68 valence electrons. The standard InChI is InChI=1S/C6H9NO4S/c8-5(9)3-1-12-2-4(7-3)6(10)11/h3-4,7H,1-2H2,(H,8,9)(H,10,11)/t3-,4+. The molecule has 0 bridgehead atoms. The van der Waals surface area contributed by atoms with E-state index in [1.807, 2.05) is 0 Å². The third-order valence-electron chi connectivity index (χ3n) is 1.57. The number of nitrogens with one attached hydrogen (secondary N) is 1. The molecule has 0 aromatic heterocycles. The summed E-state index contributed by atoms with van der Waals surface area (Å²) in [6.45, 7) is 0. The minimum Gasteiger partial charge on any atom is -0.480 e. The summed E-state index contributed by atoms with van der Waals surface area (Å²) in [5.74, 6) is -1.12. The van der Waals surface area contributed by atoms with Gasteiger partial charge in [0.05, 0.1) is 0 Å². The van der Waals surface area contributed by atoms with Gasteiger partial charge in [-0.1, -0.05) is 0 Å². The Bertz CT molecular complexity index is 188. The Hall–Kier alpha value is -0.750. The first kappa shape index (κ1) is 9.34. The molecule has 1 rings (SSSR count). The van der Waals surface area contributed by atoms with Crippen LogP contribution in [0.1, 0.15) is 0 Å². The van der Waals surface area contributed by atoms with E-state index in [0.717, 1.165) is 0 Å². The molecule has 1 heterocycles. The molecule has 1 aliphatic rings. The van der Waals surface area contributed by atoms with E-state index in [1.165, 1.54) is 11.8 Å². The fourth-order valence-electron chi connectivity index (χ4n) is 0.928. The molecule has 0 aromatic rings. The van der Waals surface area contributed by atoms with Crippen LogP contribution in [-0.2, 0) is 9.59 Å². The van der Waals surface area contributed by atoms with Gasteiger partial charge in [0.2, 0.25) is 0 Å². The zero-order valence-corrected chi connectivity index (χ0v) is 7.00. The van der Waals surface area contributed by atoms with Gasteiger partial charge in [-0.2, -0.15) is 11.8 Å². The van der Waals surface area contributed by atoms with Crippen LogP contribution in [0.4, 0.5) is 0 Å². The molecule has 0 radical (unpaired) electrons. The first-order valence-electron chi connectivity index (χ1n) is 3.40. The maximum Gasteiger partial charge on any atom is 0.321 e. The van der Waals surface area contributed by atoms with Crippen LogP contribution in [0.15, 0.2) is 0 Å². The van der Waals surface area contributed by atoms with Crippen molar-refractivity contribution in [2.45, 2.75) is 12.1 Å². The minimum atomic E-state index is -0.992. The fourth-order valence-corrected chi connectivity index (χ4v) is 2.01. The number of thioether (sulfide) groups is 1. The molecule has 5 nitrogen and oxygen atoms in total. The second-order valence-corrected chi connectivity index (χ2v) is 3.56. The molecule has 1 fully saturated rings. The van der Waals surface area contributed by atoms with E-state index < -0.39 is 24.0 Å². The van der Waals surface area contributed by atoms with E-state index in [1.54, 1.807) is 0 Å². The van der Waals surface area contributed by atoms with Gasteiger partial charge in [-0.05, 0) is 0 Å². The third-order valence-corrected chi connectivity index (χ3v) is 2.71. The van der Waals surface area contributed by atoms with Crippen LogP contribution in [0.5, 0.6) is 0 Å². The summed E-state index contributed by atoms with van der Waals surface area (Å²) >= 11 is 1.34. The van der Waals surface area contributed by atoms with Gasteiger partial charge in [0.15, 0.2) is 0 Å². The minimum absolute atomic E-state index is 0.430. The van der Waals surface area contributed by atoms with Crippen molar-refractivity contribution in [3.05, 3.63) is 0 Å². The summed E-state index contributed by atoms with van der Waals surface area (Å²) in [6.07, 6.45) is 0. The normalized spacial score (nSPS) is 29.7. The zero-order valence-electron chi connectivity index (χ0n) is 6.19. The lowest BCUT2D eigenvalue weighted by Gasteiger charge is -2.24. The second kappa shape index (κ2) is 3.77. The van der Waals surface area contributed by atoms with Crippen LogP contribution < -0.4 is 5.32 Å². The number of carboxylic acid groups (broad SMARTS) is 2. The Morgan fingerprint density at radius 2 is 1.58 bits per heavy atom. The number of hydrogen-bond donors (Lipinski definition) is 3. The molecular formula is C6H9NO4S. The van der Waals surface area contributed by atoms with E-state index in [2.05, 4.69) is 5.32 Å². The van der Waals surface area contributed by atoms with Gasteiger partial charge in [0.25, 0.3) is 0 Å². The van der Waals surface area contributed by atoms with Crippen molar-refractivity contribution >= 4 is 23.7 Å². The van der Waals surface area contributed by atoms with Gasteiger partial charge in [-0.3, -0.25) is 14.9 Å². The monoisotopic (exact) mass is 191 g/mol. The van der Waals surface area contributed by atoms with Crippen molar-refractivity contribution in [1.29, 1.82) is 0 Å². The van der Waals surface area contributed by atoms with Crippen molar-refractivity contribution in [2.24, 2.45) is 0 Å². The molecule has 0 saturated carbocycles. The Kier molecular flexibility index (Phi) is 2.93. The Labute approximate surface area is 73.1 Å². The Morgan fingerprint density at radius 1 is 1.17 bits per heavy atom. The van der Waals surface area contributed by atoms with Crippen LogP contribution in [0, 0.1) is 0 Å². The topological polar surface area (TPSA) is 86.6 Å². The van der Waals surface area contributed by atoms with E-state index in [0.29, 0.717) is 11.5 Å².